The molecule has 0 unspecified atom stereocenters. The maximum Gasteiger partial charge on any atom is 0.408 e. The Morgan fingerprint density at radius 1 is 0.969 bits per heavy atom. The fourth-order valence-corrected chi connectivity index (χ4v) is 2.66. The van der Waals surface area contributed by atoms with Gasteiger partial charge in [-0.25, -0.2) is 9.79 Å². The monoisotopic (exact) mass is 566 g/mol. The minimum absolute atomic E-state index is 0. The number of rotatable bonds is 9. The molecule has 3 N–H and O–H groups in total. The van der Waals surface area contributed by atoms with Gasteiger partial charge in [0.2, 0.25) is 0 Å². The molecule has 0 saturated carbocycles. The summed E-state index contributed by atoms with van der Waals surface area (Å²) in [5.41, 5.74) is -0.316. The fraction of sp³-hybridized carbons (Fsp3) is 0.636. The summed E-state index contributed by atoms with van der Waals surface area (Å²) in [7, 11) is 4.78. The Bertz CT molecular complexity index is 738. The number of nitrogens with zero attached hydrogens (tertiary/aromatic N) is 1. The van der Waals surface area contributed by atoms with Crippen LogP contribution >= 0.6 is 24.0 Å². The summed E-state index contributed by atoms with van der Waals surface area (Å²) in [4.78, 5) is 16.8. The van der Waals surface area contributed by atoms with Crippen LogP contribution in [0, 0.1) is 0 Å². The third-order valence-electron chi connectivity index (χ3n) is 4.09. The number of nitrogens with one attached hydrogen (secondary N) is 3. The number of hydrogen-bond acceptors (Lipinski definition) is 6. The number of benzene rings is 1. The lowest BCUT2D eigenvalue weighted by Crippen LogP contribution is -2.54. The molecule has 0 saturated heterocycles. The summed E-state index contributed by atoms with van der Waals surface area (Å²) < 4.78 is 21.6. The molecule has 0 aliphatic carbocycles. The smallest absolute Gasteiger partial charge is 0.408 e. The number of amides is 1. The van der Waals surface area contributed by atoms with E-state index in [4.69, 9.17) is 18.9 Å². The molecule has 0 atom stereocenters. The molecule has 0 bridgehead atoms. The van der Waals surface area contributed by atoms with Crippen molar-refractivity contribution in [2.45, 2.75) is 59.2 Å². The first-order chi connectivity index (χ1) is 14.4. The topological polar surface area (TPSA) is 102 Å². The molecule has 1 amide bonds. The third-order valence-corrected chi connectivity index (χ3v) is 4.09. The van der Waals surface area contributed by atoms with E-state index in [2.05, 4.69) is 20.9 Å². The predicted molar refractivity (Wildman–Crippen MR) is 138 cm³/mol. The number of ether oxygens (including phenoxy) is 4. The average molecular weight is 566 g/mol. The molecule has 0 aliphatic rings. The molecule has 0 aromatic heterocycles. The molecule has 0 fully saturated rings. The highest BCUT2D eigenvalue weighted by Gasteiger charge is 2.25. The van der Waals surface area contributed by atoms with Gasteiger partial charge in [-0.15, -0.1) is 24.0 Å². The number of carbonyl (C=O) groups excluding carboxylic acids is 1. The molecule has 0 spiro atoms. The lowest BCUT2D eigenvalue weighted by molar-refractivity contribution is 0.0474. The molecule has 9 nitrogen and oxygen atoms in total. The lowest BCUT2D eigenvalue weighted by atomic mass is 10.1. The minimum atomic E-state index is -0.561. The van der Waals surface area contributed by atoms with Crippen molar-refractivity contribution >= 4 is 36.0 Å². The van der Waals surface area contributed by atoms with Gasteiger partial charge in [0.15, 0.2) is 5.96 Å². The number of carbonyl (C=O) groups is 1. The Hall–Kier alpha value is -2.11. The molecular weight excluding hydrogens is 527 g/mol. The van der Waals surface area contributed by atoms with Crippen LogP contribution in [0.5, 0.6) is 17.2 Å². The number of guanidine groups is 1. The maximum absolute atomic E-state index is 12.1. The van der Waals surface area contributed by atoms with Crippen LogP contribution in [-0.4, -0.2) is 57.6 Å². The number of halogens is 1. The Morgan fingerprint density at radius 3 is 1.97 bits per heavy atom. The summed E-state index contributed by atoms with van der Waals surface area (Å²) in [6.07, 6.45) is -0.464. The molecular formula is C22H39IN4O5. The van der Waals surface area contributed by atoms with Crippen molar-refractivity contribution in [3.05, 3.63) is 17.7 Å². The van der Waals surface area contributed by atoms with E-state index in [1.165, 1.54) is 0 Å². The van der Waals surface area contributed by atoms with Crippen LogP contribution in [-0.2, 0) is 11.3 Å². The minimum Gasteiger partial charge on any atom is -0.496 e. The molecule has 1 aromatic carbocycles. The molecule has 0 heterocycles. The summed E-state index contributed by atoms with van der Waals surface area (Å²) in [5.74, 6) is 2.49. The van der Waals surface area contributed by atoms with E-state index >= 15 is 0 Å². The van der Waals surface area contributed by atoms with Gasteiger partial charge in [-0.05, 0) is 41.5 Å². The molecule has 1 aromatic rings. The maximum atomic E-state index is 12.1. The van der Waals surface area contributed by atoms with Crippen LogP contribution in [0.3, 0.4) is 0 Å². The van der Waals surface area contributed by atoms with Gasteiger partial charge < -0.3 is 34.9 Å². The zero-order valence-corrected chi connectivity index (χ0v) is 23.0. The average Bonchev–Trinajstić information content (AvgIpc) is 2.67. The standard InChI is InChI=1S/C22H38N4O5.HI/c1-10-23-19(25-14-22(5,6)26-20(27)31-21(2,3)4)24-13-16-17(29-8)11-15(28-7)12-18(16)30-9;/h11-12H,10,13-14H2,1-9H3,(H,26,27)(H2,23,24,25);1H. The zero-order valence-electron chi connectivity index (χ0n) is 20.7. The highest BCUT2D eigenvalue weighted by Crippen LogP contribution is 2.34. The fourth-order valence-electron chi connectivity index (χ4n) is 2.66. The lowest BCUT2D eigenvalue weighted by Gasteiger charge is -2.29. The largest absolute Gasteiger partial charge is 0.496 e. The van der Waals surface area contributed by atoms with E-state index < -0.39 is 17.2 Å². The summed E-state index contributed by atoms with van der Waals surface area (Å²) in [6.45, 7) is 12.7. The van der Waals surface area contributed by atoms with E-state index in [0.29, 0.717) is 42.8 Å². The first kappa shape index (κ1) is 29.9. The van der Waals surface area contributed by atoms with Crippen LogP contribution in [0.2, 0.25) is 0 Å². The highest BCUT2D eigenvalue weighted by molar-refractivity contribution is 14.0. The van der Waals surface area contributed by atoms with Gasteiger partial charge in [-0.2, -0.15) is 0 Å². The van der Waals surface area contributed by atoms with Crippen LogP contribution in [0.1, 0.15) is 47.1 Å². The molecule has 1 rings (SSSR count). The van der Waals surface area contributed by atoms with Crippen molar-refractivity contribution < 1.29 is 23.7 Å². The van der Waals surface area contributed by atoms with Gasteiger partial charge in [0.05, 0.1) is 39.0 Å². The number of alkyl carbamates (subject to hydrolysis) is 1. The summed E-state index contributed by atoms with van der Waals surface area (Å²) in [6, 6.07) is 3.59. The van der Waals surface area contributed by atoms with Crippen molar-refractivity contribution in [3.8, 4) is 17.2 Å². The van der Waals surface area contributed by atoms with Crippen molar-refractivity contribution in [2.24, 2.45) is 4.99 Å². The zero-order chi connectivity index (χ0) is 23.7. The normalized spacial score (nSPS) is 11.7. The second-order valence-electron chi connectivity index (χ2n) is 8.57. The second kappa shape index (κ2) is 13.4. The van der Waals surface area contributed by atoms with Gasteiger partial charge >= 0.3 is 6.09 Å². The Balaban J connectivity index is 0.00000961. The SMILES string of the molecule is CCNC(=NCc1c(OC)cc(OC)cc1OC)NCC(C)(C)NC(=O)OC(C)(C)C.I. The van der Waals surface area contributed by atoms with E-state index in [-0.39, 0.29) is 24.0 Å². The third kappa shape index (κ3) is 10.5. The number of methoxy groups -OCH3 is 3. The first-order valence-corrected chi connectivity index (χ1v) is 10.3. The quantitative estimate of drug-likeness (QED) is 0.238. The van der Waals surface area contributed by atoms with Crippen molar-refractivity contribution in [3.63, 3.8) is 0 Å². The van der Waals surface area contributed by atoms with Crippen LogP contribution in [0.25, 0.3) is 0 Å². The molecule has 0 aliphatic heterocycles. The van der Waals surface area contributed by atoms with Crippen LogP contribution in [0.15, 0.2) is 17.1 Å². The van der Waals surface area contributed by atoms with Crippen molar-refractivity contribution in [1.82, 2.24) is 16.0 Å². The van der Waals surface area contributed by atoms with Gasteiger partial charge in [-0.3, -0.25) is 0 Å². The molecule has 0 radical (unpaired) electrons. The van der Waals surface area contributed by atoms with Gasteiger partial charge in [0.25, 0.3) is 0 Å². The highest BCUT2D eigenvalue weighted by atomic mass is 127. The van der Waals surface area contributed by atoms with Crippen molar-refractivity contribution in [2.75, 3.05) is 34.4 Å². The van der Waals surface area contributed by atoms with Crippen LogP contribution < -0.4 is 30.2 Å². The van der Waals surface area contributed by atoms with Crippen LogP contribution in [0.4, 0.5) is 4.79 Å². The Morgan fingerprint density at radius 2 is 1.53 bits per heavy atom. The Kier molecular flexibility index (Phi) is 12.6. The van der Waals surface area contributed by atoms with Gasteiger partial charge in [0, 0.05) is 25.2 Å². The van der Waals surface area contributed by atoms with Gasteiger partial charge in [0.1, 0.15) is 22.8 Å². The predicted octanol–water partition coefficient (Wildman–Crippen LogP) is 3.69. The summed E-state index contributed by atoms with van der Waals surface area (Å²) in [5, 5.41) is 9.34. The van der Waals surface area contributed by atoms with E-state index in [1.807, 2.05) is 41.5 Å². The number of aliphatic imine (C=N–C) groups is 1. The van der Waals surface area contributed by atoms with E-state index in [0.717, 1.165) is 5.56 Å². The van der Waals surface area contributed by atoms with E-state index in [1.54, 1.807) is 33.5 Å². The second-order valence-corrected chi connectivity index (χ2v) is 8.57. The van der Waals surface area contributed by atoms with E-state index in [9.17, 15) is 4.79 Å². The van der Waals surface area contributed by atoms with Crippen molar-refractivity contribution in [1.29, 1.82) is 0 Å². The molecule has 184 valence electrons. The molecule has 32 heavy (non-hydrogen) atoms. The first-order valence-electron chi connectivity index (χ1n) is 10.3. The molecule has 10 heteroatoms. The Labute approximate surface area is 209 Å². The summed E-state index contributed by atoms with van der Waals surface area (Å²) >= 11 is 0. The number of hydrogen-bond donors (Lipinski definition) is 3. The van der Waals surface area contributed by atoms with Gasteiger partial charge in [-0.1, -0.05) is 0 Å².